The van der Waals surface area contributed by atoms with E-state index in [2.05, 4.69) is 15.0 Å². The van der Waals surface area contributed by atoms with Crippen molar-refractivity contribution in [2.45, 2.75) is 10.1 Å². The Morgan fingerprint density at radius 2 is 1.76 bits per heavy atom. The van der Waals surface area contributed by atoms with Crippen molar-refractivity contribution in [2.75, 3.05) is 0 Å². The van der Waals surface area contributed by atoms with Gasteiger partial charge in [0.05, 0.1) is 10.9 Å². The van der Waals surface area contributed by atoms with Crippen LogP contribution in [0.4, 0.5) is 0 Å². The quantitative estimate of drug-likeness (QED) is 0.528. The topological polar surface area (TPSA) is 38.7 Å². The van der Waals surface area contributed by atoms with Gasteiger partial charge in [-0.25, -0.2) is 4.98 Å². The first-order valence-electron chi connectivity index (χ1n) is 6.42. The van der Waals surface area contributed by atoms with Crippen molar-refractivity contribution < 1.29 is 0 Å². The maximum absolute atomic E-state index is 5.84. The standard InChI is InChI=1S/C16H12ClN3S/c17-15-5-4-13(11-20-15)21-16(12-6-9-18-10-7-12)14-3-1-2-8-19-14/h1-11,16H. The lowest BCUT2D eigenvalue weighted by molar-refractivity contribution is 1.04. The Bertz CT molecular complexity index is 650. The summed E-state index contributed by atoms with van der Waals surface area (Å²) < 4.78 is 0. The smallest absolute Gasteiger partial charge is 0.129 e. The Labute approximate surface area is 132 Å². The fraction of sp³-hybridized carbons (Fsp3) is 0.0625. The zero-order chi connectivity index (χ0) is 14.5. The maximum Gasteiger partial charge on any atom is 0.129 e. The summed E-state index contributed by atoms with van der Waals surface area (Å²) in [6.45, 7) is 0. The second-order valence-electron chi connectivity index (χ2n) is 4.35. The highest BCUT2D eigenvalue weighted by atomic mass is 35.5. The minimum absolute atomic E-state index is 0.0946. The van der Waals surface area contributed by atoms with Crippen molar-refractivity contribution in [3.8, 4) is 0 Å². The van der Waals surface area contributed by atoms with Crippen LogP contribution >= 0.6 is 23.4 Å². The third-order valence-electron chi connectivity index (χ3n) is 2.92. The van der Waals surface area contributed by atoms with Gasteiger partial charge in [-0.3, -0.25) is 9.97 Å². The van der Waals surface area contributed by atoms with Gasteiger partial charge in [-0.1, -0.05) is 17.7 Å². The molecule has 0 fully saturated rings. The Balaban J connectivity index is 1.95. The molecule has 3 nitrogen and oxygen atoms in total. The van der Waals surface area contributed by atoms with Crippen molar-refractivity contribution in [1.82, 2.24) is 15.0 Å². The van der Waals surface area contributed by atoms with Crippen LogP contribution in [0.5, 0.6) is 0 Å². The first kappa shape index (κ1) is 14.0. The van der Waals surface area contributed by atoms with E-state index >= 15 is 0 Å². The molecule has 0 aliphatic carbocycles. The van der Waals surface area contributed by atoms with Crippen molar-refractivity contribution in [3.63, 3.8) is 0 Å². The van der Waals surface area contributed by atoms with E-state index in [9.17, 15) is 0 Å². The van der Waals surface area contributed by atoms with Crippen LogP contribution in [-0.4, -0.2) is 15.0 Å². The number of pyridine rings is 3. The number of hydrogen-bond donors (Lipinski definition) is 0. The van der Waals surface area contributed by atoms with Crippen molar-refractivity contribution >= 4 is 23.4 Å². The lowest BCUT2D eigenvalue weighted by atomic mass is 10.1. The van der Waals surface area contributed by atoms with Crippen LogP contribution in [0.1, 0.15) is 16.5 Å². The van der Waals surface area contributed by atoms with E-state index in [1.165, 1.54) is 0 Å². The van der Waals surface area contributed by atoms with E-state index in [-0.39, 0.29) is 5.25 Å². The van der Waals surface area contributed by atoms with Gasteiger partial charge in [-0.15, -0.1) is 11.8 Å². The fourth-order valence-corrected chi connectivity index (χ4v) is 3.13. The molecule has 21 heavy (non-hydrogen) atoms. The van der Waals surface area contributed by atoms with Crippen LogP contribution in [0.3, 0.4) is 0 Å². The summed E-state index contributed by atoms with van der Waals surface area (Å²) in [5, 5.41) is 0.592. The second-order valence-corrected chi connectivity index (χ2v) is 5.92. The van der Waals surface area contributed by atoms with Crippen LogP contribution in [0.25, 0.3) is 0 Å². The van der Waals surface area contributed by atoms with Crippen LogP contribution in [-0.2, 0) is 0 Å². The maximum atomic E-state index is 5.84. The Kier molecular flexibility index (Phi) is 4.48. The monoisotopic (exact) mass is 313 g/mol. The van der Waals surface area contributed by atoms with Crippen molar-refractivity contribution in [1.29, 1.82) is 0 Å². The summed E-state index contributed by atoms with van der Waals surface area (Å²) in [5.74, 6) is 0. The van der Waals surface area contributed by atoms with E-state index in [0.717, 1.165) is 16.2 Å². The molecule has 0 N–H and O–H groups in total. The molecule has 0 saturated carbocycles. The number of hydrogen-bond acceptors (Lipinski definition) is 4. The molecule has 104 valence electrons. The Morgan fingerprint density at radius 1 is 0.905 bits per heavy atom. The van der Waals surface area contributed by atoms with Gasteiger partial charge in [-0.05, 0) is 42.0 Å². The average Bonchev–Trinajstić information content (AvgIpc) is 2.56. The van der Waals surface area contributed by atoms with E-state index in [0.29, 0.717) is 5.15 Å². The minimum atomic E-state index is 0.0946. The summed E-state index contributed by atoms with van der Waals surface area (Å²) in [4.78, 5) is 13.7. The van der Waals surface area contributed by atoms with E-state index < -0.39 is 0 Å². The predicted octanol–water partition coefficient (Wildman–Crippen LogP) is 4.41. The first-order valence-corrected chi connectivity index (χ1v) is 7.68. The molecular weight excluding hydrogens is 302 g/mol. The summed E-state index contributed by atoms with van der Waals surface area (Å²) in [5.41, 5.74) is 2.16. The van der Waals surface area contributed by atoms with Gasteiger partial charge in [0.2, 0.25) is 0 Å². The number of nitrogens with zero attached hydrogens (tertiary/aromatic N) is 3. The van der Waals surface area contributed by atoms with E-state index in [4.69, 9.17) is 11.6 Å². The normalized spacial score (nSPS) is 12.0. The lowest BCUT2D eigenvalue weighted by Gasteiger charge is -2.16. The van der Waals surface area contributed by atoms with Crippen LogP contribution in [0, 0.1) is 0 Å². The molecule has 0 saturated heterocycles. The van der Waals surface area contributed by atoms with Gasteiger partial charge >= 0.3 is 0 Å². The highest BCUT2D eigenvalue weighted by molar-refractivity contribution is 7.99. The van der Waals surface area contributed by atoms with Gasteiger partial charge in [-0.2, -0.15) is 0 Å². The Morgan fingerprint density at radius 3 is 2.43 bits per heavy atom. The van der Waals surface area contributed by atoms with Gasteiger partial charge in [0.25, 0.3) is 0 Å². The molecule has 1 unspecified atom stereocenters. The molecular formula is C16H12ClN3S. The van der Waals surface area contributed by atoms with Crippen molar-refractivity contribution in [3.05, 3.63) is 83.7 Å². The first-order chi connectivity index (χ1) is 10.3. The lowest BCUT2D eigenvalue weighted by Crippen LogP contribution is -1.99. The number of aromatic nitrogens is 3. The van der Waals surface area contributed by atoms with Gasteiger partial charge in [0, 0.05) is 29.7 Å². The zero-order valence-electron chi connectivity index (χ0n) is 11.1. The molecule has 5 heteroatoms. The summed E-state index contributed by atoms with van der Waals surface area (Å²) in [6.07, 6.45) is 7.19. The van der Waals surface area contributed by atoms with E-state index in [1.807, 2.05) is 42.6 Å². The highest BCUT2D eigenvalue weighted by Gasteiger charge is 2.17. The molecule has 1 atom stereocenters. The summed E-state index contributed by atoms with van der Waals surface area (Å²) >= 11 is 7.53. The molecule has 3 rings (SSSR count). The molecule has 3 heterocycles. The molecule has 0 bridgehead atoms. The second kappa shape index (κ2) is 6.70. The third kappa shape index (κ3) is 3.60. The summed E-state index contributed by atoms with van der Waals surface area (Å²) in [6, 6.07) is 13.7. The minimum Gasteiger partial charge on any atom is -0.265 e. The molecule has 3 aromatic rings. The van der Waals surface area contributed by atoms with Crippen molar-refractivity contribution in [2.24, 2.45) is 0 Å². The Hall–Kier alpha value is -1.91. The number of thioether (sulfide) groups is 1. The van der Waals surface area contributed by atoms with Crippen LogP contribution in [0.2, 0.25) is 5.15 Å². The predicted molar refractivity (Wildman–Crippen MR) is 85.4 cm³/mol. The van der Waals surface area contributed by atoms with E-state index in [1.54, 1.807) is 36.4 Å². The van der Waals surface area contributed by atoms with Crippen LogP contribution in [0.15, 0.2) is 72.1 Å². The molecule has 0 aromatic carbocycles. The molecule has 0 aliphatic heterocycles. The zero-order valence-corrected chi connectivity index (χ0v) is 12.6. The number of halogens is 1. The molecule has 0 aliphatic rings. The molecule has 3 aromatic heterocycles. The van der Waals surface area contributed by atoms with Gasteiger partial charge < -0.3 is 0 Å². The highest BCUT2D eigenvalue weighted by Crippen LogP contribution is 2.39. The summed E-state index contributed by atoms with van der Waals surface area (Å²) in [7, 11) is 0. The SMILES string of the molecule is Clc1ccc(SC(c2ccncc2)c2ccccn2)cn1. The van der Waals surface area contributed by atoms with Gasteiger partial charge in [0.15, 0.2) is 0 Å². The van der Waals surface area contributed by atoms with Gasteiger partial charge in [0.1, 0.15) is 5.15 Å². The van der Waals surface area contributed by atoms with Crippen LogP contribution < -0.4 is 0 Å². The molecule has 0 radical (unpaired) electrons. The average molecular weight is 314 g/mol. The third-order valence-corrected chi connectivity index (χ3v) is 4.41. The molecule has 0 spiro atoms. The fourth-order valence-electron chi connectivity index (χ4n) is 1.94. The number of rotatable bonds is 4. The largest absolute Gasteiger partial charge is 0.265 e. The molecule has 0 amide bonds.